The molecule has 2 heteroatoms. The standard InChI is InChI=1S/C21H26O2/c1-5-7-8-13-22-19-12-11-18-17-10-9-16(6-2)14(3)20(17)23-21(18)15(19)4/h9-12H,5-8,13H2,1-4H3. The Morgan fingerprint density at radius 1 is 0.870 bits per heavy atom. The maximum Gasteiger partial charge on any atom is 0.142 e. The molecule has 0 saturated heterocycles. The second-order valence-corrected chi connectivity index (χ2v) is 6.30. The molecule has 0 aliphatic heterocycles. The van der Waals surface area contributed by atoms with E-state index in [1.807, 2.05) is 0 Å². The van der Waals surface area contributed by atoms with Gasteiger partial charge in [-0.2, -0.15) is 0 Å². The third kappa shape index (κ3) is 2.83. The van der Waals surface area contributed by atoms with E-state index < -0.39 is 0 Å². The van der Waals surface area contributed by atoms with Crippen molar-refractivity contribution in [1.82, 2.24) is 0 Å². The maximum absolute atomic E-state index is 6.24. The summed E-state index contributed by atoms with van der Waals surface area (Å²) in [5.74, 6) is 0.945. The largest absolute Gasteiger partial charge is 0.493 e. The van der Waals surface area contributed by atoms with E-state index in [1.54, 1.807) is 0 Å². The second kappa shape index (κ2) is 6.66. The van der Waals surface area contributed by atoms with Gasteiger partial charge < -0.3 is 9.15 Å². The molecule has 3 aromatic rings. The number of aryl methyl sites for hydroxylation is 3. The lowest BCUT2D eigenvalue weighted by atomic mass is 10.0. The normalized spacial score (nSPS) is 11.5. The van der Waals surface area contributed by atoms with Crippen molar-refractivity contribution in [2.24, 2.45) is 0 Å². The first-order valence-electron chi connectivity index (χ1n) is 8.74. The van der Waals surface area contributed by atoms with Gasteiger partial charge in [-0.15, -0.1) is 0 Å². The average Bonchev–Trinajstić information content (AvgIpc) is 2.94. The smallest absolute Gasteiger partial charge is 0.142 e. The van der Waals surface area contributed by atoms with E-state index >= 15 is 0 Å². The zero-order valence-corrected chi connectivity index (χ0v) is 14.7. The fourth-order valence-corrected chi connectivity index (χ4v) is 3.27. The van der Waals surface area contributed by atoms with E-state index in [2.05, 4.69) is 52.0 Å². The van der Waals surface area contributed by atoms with Crippen molar-refractivity contribution in [1.29, 1.82) is 0 Å². The zero-order valence-electron chi connectivity index (χ0n) is 14.7. The minimum absolute atomic E-state index is 0.777. The number of benzene rings is 2. The zero-order chi connectivity index (χ0) is 16.4. The minimum atomic E-state index is 0.777. The van der Waals surface area contributed by atoms with Gasteiger partial charge in [0.05, 0.1) is 6.61 Å². The SMILES string of the molecule is CCCCCOc1ccc2c(oc3c(C)c(CC)ccc32)c1C. The molecule has 0 bridgehead atoms. The summed E-state index contributed by atoms with van der Waals surface area (Å²) in [6, 6.07) is 8.63. The summed E-state index contributed by atoms with van der Waals surface area (Å²) in [5.41, 5.74) is 5.69. The van der Waals surface area contributed by atoms with E-state index in [9.17, 15) is 0 Å². The molecule has 3 rings (SSSR count). The van der Waals surface area contributed by atoms with Crippen LogP contribution in [0.5, 0.6) is 5.75 Å². The summed E-state index contributed by atoms with van der Waals surface area (Å²) < 4.78 is 12.2. The highest BCUT2D eigenvalue weighted by molar-refractivity contribution is 6.07. The van der Waals surface area contributed by atoms with Crippen LogP contribution in [-0.4, -0.2) is 6.61 Å². The highest BCUT2D eigenvalue weighted by atomic mass is 16.5. The van der Waals surface area contributed by atoms with Crippen LogP contribution in [0, 0.1) is 13.8 Å². The molecule has 0 aliphatic rings. The number of furan rings is 1. The second-order valence-electron chi connectivity index (χ2n) is 6.30. The van der Waals surface area contributed by atoms with Crippen molar-refractivity contribution in [3.63, 3.8) is 0 Å². The van der Waals surface area contributed by atoms with Crippen molar-refractivity contribution in [2.75, 3.05) is 6.61 Å². The molecular formula is C21H26O2. The van der Waals surface area contributed by atoms with Gasteiger partial charge in [-0.25, -0.2) is 0 Å². The van der Waals surface area contributed by atoms with Gasteiger partial charge in [-0.05, 0) is 49.9 Å². The Balaban J connectivity index is 2.03. The first kappa shape index (κ1) is 15.9. The molecule has 0 saturated carbocycles. The molecule has 0 radical (unpaired) electrons. The minimum Gasteiger partial charge on any atom is -0.493 e. The third-order valence-corrected chi connectivity index (χ3v) is 4.75. The number of unbranched alkanes of at least 4 members (excludes halogenated alkanes) is 2. The molecule has 0 atom stereocenters. The van der Waals surface area contributed by atoms with Crippen LogP contribution in [0.1, 0.15) is 49.8 Å². The molecule has 0 aliphatic carbocycles. The molecule has 0 N–H and O–H groups in total. The Labute approximate surface area is 138 Å². The molecule has 2 aromatic carbocycles. The van der Waals surface area contributed by atoms with Gasteiger partial charge in [0.2, 0.25) is 0 Å². The monoisotopic (exact) mass is 310 g/mol. The highest BCUT2D eigenvalue weighted by Crippen LogP contribution is 2.37. The molecule has 2 nitrogen and oxygen atoms in total. The average molecular weight is 310 g/mol. The Morgan fingerprint density at radius 2 is 1.57 bits per heavy atom. The highest BCUT2D eigenvalue weighted by Gasteiger charge is 2.15. The molecule has 0 spiro atoms. The Bertz CT molecular complexity index is 827. The number of ether oxygens (including phenoxy) is 1. The van der Waals surface area contributed by atoms with Crippen molar-refractivity contribution >= 4 is 21.9 Å². The van der Waals surface area contributed by atoms with Crippen LogP contribution in [0.25, 0.3) is 21.9 Å². The summed E-state index contributed by atoms with van der Waals surface area (Å²) in [5, 5.41) is 2.39. The molecule has 1 heterocycles. The van der Waals surface area contributed by atoms with Crippen molar-refractivity contribution < 1.29 is 9.15 Å². The van der Waals surface area contributed by atoms with E-state index in [0.717, 1.165) is 41.9 Å². The van der Waals surface area contributed by atoms with Crippen molar-refractivity contribution in [3.8, 4) is 5.75 Å². The molecule has 0 amide bonds. The predicted octanol–water partition coefficient (Wildman–Crippen LogP) is 6.33. The first-order chi connectivity index (χ1) is 11.2. The van der Waals surface area contributed by atoms with Crippen LogP contribution in [0.3, 0.4) is 0 Å². The van der Waals surface area contributed by atoms with E-state index in [-0.39, 0.29) is 0 Å². The van der Waals surface area contributed by atoms with Crippen LogP contribution in [-0.2, 0) is 6.42 Å². The van der Waals surface area contributed by atoms with Gasteiger partial charge in [0, 0.05) is 16.3 Å². The van der Waals surface area contributed by atoms with Gasteiger partial charge in [0.25, 0.3) is 0 Å². The topological polar surface area (TPSA) is 22.4 Å². The van der Waals surface area contributed by atoms with Crippen LogP contribution < -0.4 is 4.74 Å². The van der Waals surface area contributed by atoms with Gasteiger partial charge >= 0.3 is 0 Å². The lowest BCUT2D eigenvalue weighted by molar-refractivity contribution is 0.304. The number of hydrogen-bond acceptors (Lipinski definition) is 2. The van der Waals surface area contributed by atoms with Crippen molar-refractivity contribution in [3.05, 3.63) is 41.0 Å². The summed E-state index contributed by atoms with van der Waals surface area (Å²) in [6.07, 6.45) is 4.56. The Morgan fingerprint density at radius 3 is 2.26 bits per heavy atom. The molecule has 1 aromatic heterocycles. The van der Waals surface area contributed by atoms with Crippen LogP contribution in [0.15, 0.2) is 28.7 Å². The van der Waals surface area contributed by atoms with Gasteiger partial charge in [-0.3, -0.25) is 0 Å². The van der Waals surface area contributed by atoms with Gasteiger partial charge in [0.15, 0.2) is 0 Å². The number of fused-ring (bicyclic) bond motifs is 3. The fraction of sp³-hybridized carbons (Fsp3) is 0.429. The van der Waals surface area contributed by atoms with Crippen molar-refractivity contribution in [2.45, 2.75) is 53.4 Å². The Hall–Kier alpha value is -1.96. The quantitative estimate of drug-likeness (QED) is 0.496. The lowest BCUT2D eigenvalue weighted by Gasteiger charge is -2.08. The maximum atomic E-state index is 6.24. The molecule has 23 heavy (non-hydrogen) atoms. The third-order valence-electron chi connectivity index (χ3n) is 4.75. The van der Waals surface area contributed by atoms with Gasteiger partial charge in [0.1, 0.15) is 16.9 Å². The van der Waals surface area contributed by atoms with E-state index in [0.29, 0.717) is 0 Å². The summed E-state index contributed by atoms with van der Waals surface area (Å²) in [6.45, 7) is 9.42. The van der Waals surface area contributed by atoms with Crippen LogP contribution in [0.4, 0.5) is 0 Å². The molecule has 0 unspecified atom stereocenters. The van der Waals surface area contributed by atoms with E-state index in [1.165, 1.54) is 34.7 Å². The summed E-state index contributed by atoms with van der Waals surface area (Å²) in [7, 11) is 0. The molecule has 0 fully saturated rings. The predicted molar refractivity (Wildman–Crippen MR) is 97.6 cm³/mol. The molecular weight excluding hydrogens is 284 g/mol. The summed E-state index contributed by atoms with van der Waals surface area (Å²) >= 11 is 0. The fourth-order valence-electron chi connectivity index (χ4n) is 3.27. The van der Waals surface area contributed by atoms with Crippen LogP contribution >= 0.6 is 0 Å². The van der Waals surface area contributed by atoms with Crippen LogP contribution in [0.2, 0.25) is 0 Å². The number of rotatable bonds is 6. The number of hydrogen-bond donors (Lipinski definition) is 0. The van der Waals surface area contributed by atoms with E-state index in [4.69, 9.17) is 9.15 Å². The van der Waals surface area contributed by atoms with Gasteiger partial charge in [-0.1, -0.05) is 38.8 Å². The lowest BCUT2D eigenvalue weighted by Crippen LogP contribution is -1.98. The Kier molecular flexibility index (Phi) is 4.61. The summed E-state index contributed by atoms with van der Waals surface area (Å²) in [4.78, 5) is 0. The molecule has 122 valence electrons. The first-order valence-corrected chi connectivity index (χ1v) is 8.74.